The van der Waals surface area contributed by atoms with Gasteiger partial charge in [0.05, 0.1) is 25.0 Å². The molecular weight excluding hydrogens is 354 g/mol. The van der Waals surface area contributed by atoms with Crippen molar-refractivity contribution in [3.05, 3.63) is 0 Å². The zero-order chi connectivity index (χ0) is 17.3. The van der Waals surface area contributed by atoms with Crippen LogP contribution >= 0.6 is 12.4 Å². The van der Waals surface area contributed by atoms with Gasteiger partial charge in [-0.3, -0.25) is 4.79 Å². The Morgan fingerprint density at radius 1 is 1.33 bits per heavy atom. The lowest BCUT2D eigenvalue weighted by molar-refractivity contribution is -0.132. The number of halogens is 1. The van der Waals surface area contributed by atoms with Crippen LogP contribution in [0.4, 0.5) is 0 Å². The van der Waals surface area contributed by atoms with Crippen LogP contribution < -0.4 is 10.0 Å². The predicted molar refractivity (Wildman–Crippen MR) is 98.0 cm³/mol. The van der Waals surface area contributed by atoms with Crippen molar-refractivity contribution in [2.24, 2.45) is 0 Å². The van der Waals surface area contributed by atoms with Crippen molar-refractivity contribution in [1.82, 2.24) is 14.9 Å². The molecule has 9 heteroatoms. The molecule has 0 aromatic carbocycles. The van der Waals surface area contributed by atoms with E-state index in [2.05, 4.69) is 10.0 Å². The quantitative estimate of drug-likeness (QED) is 0.579. The highest BCUT2D eigenvalue weighted by atomic mass is 35.5. The van der Waals surface area contributed by atoms with Crippen molar-refractivity contribution in [2.75, 3.05) is 38.5 Å². The fourth-order valence-corrected chi connectivity index (χ4v) is 3.41. The molecule has 1 amide bonds. The number of hydrogen-bond acceptors (Lipinski definition) is 5. The summed E-state index contributed by atoms with van der Waals surface area (Å²) >= 11 is 0. The van der Waals surface area contributed by atoms with Gasteiger partial charge in [-0.1, -0.05) is 6.92 Å². The summed E-state index contributed by atoms with van der Waals surface area (Å²) in [6.45, 7) is 8.15. The summed E-state index contributed by atoms with van der Waals surface area (Å²) in [5, 5.41) is 3.28. The van der Waals surface area contributed by atoms with E-state index in [1.165, 1.54) is 0 Å². The first-order chi connectivity index (χ1) is 10.9. The Kier molecular flexibility index (Phi) is 11.8. The van der Waals surface area contributed by atoms with Crippen LogP contribution in [0.1, 0.15) is 40.0 Å². The number of carbonyl (C=O) groups is 1. The minimum Gasteiger partial charge on any atom is -0.378 e. The predicted octanol–water partition coefficient (Wildman–Crippen LogP) is 0.743. The molecule has 7 nitrogen and oxygen atoms in total. The summed E-state index contributed by atoms with van der Waals surface area (Å²) in [6, 6.07) is 0.206. The van der Waals surface area contributed by atoms with Crippen molar-refractivity contribution in [3.8, 4) is 0 Å². The van der Waals surface area contributed by atoms with Crippen LogP contribution in [0.5, 0.6) is 0 Å². The summed E-state index contributed by atoms with van der Waals surface area (Å²) in [7, 11) is -3.49. The lowest BCUT2D eigenvalue weighted by Crippen LogP contribution is -2.49. The molecule has 24 heavy (non-hydrogen) atoms. The third kappa shape index (κ3) is 9.17. The summed E-state index contributed by atoms with van der Waals surface area (Å²) in [5.74, 6) is -0.272. The van der Waals surface area contributed by atoms with E-state index in [1.54, 1.807) is 0 Å². The number of nitrogens with zero attached hydrogens (tertiary/aromatic N) is 1. The fraction of sp³-hybridized carbons (Fsp3) is 0.933. The largest absolute Gasteiger partial charge is 0.378 e. The highest BCUT2D eigenvalue weighted by Crippen LogP contribution is 2.12. The van der Waals surface area contributed by atoms with Gasteiger partial charge in [0.15, 0.2) is 0 Å². The molecular formula is C15H32ClN3O4S. The van der Waals surface area contributed by atoms with Gasteiger partial charge >= 0.3 is 0 Å². The highest BCUT2D eigenvalue weighted by molar-refractivity contribution is 7.89. The zero-order valence-electron chi connectivity index (χ0n) is 14.9. The standard InChI is InChI=1S/C15H31N3O4S.ClH/c1-4-9-18(14-5-7-16-8-6-14)15(19)12-17-23(20,21)11-10-22-13(2)3;/h13-14,16-17H,4-12H2,1-3H3;1H. The van der Waals surface area contributed by atoms with Crippen LogP contribution in [-0.4, -0.2) is 69.9 Å². The topological polar surface area (TPSA) is 87.7 Å². The number of hydrogen-bond donors (Lipinski definition) is 2. The summed E-state index contributed by atoms with van der Waals surface area (Å²) in [4.78, 5) is 14.2. The summed E-state index contributed by atoms with van der Waals surface area (Å²) in [6.07, 6.45) is 2.69. The number of carbonyl (C=O) groups excluding carboxylic acids is 1. The van der Waals surface area contributed by atoms with Crippen LogP contribution in [0.25, 0.3) is 0 Å². The molecule has 0 saturated carbocycles. The molecule has 2 N–H and O–H groups in total. The van der Waals surface area contributed by atoms with Crippen molar-refractivity contribution < 1.29 is 17.9 Å². The SMILES string of the molecule is CCCN(C(=O)CNS(=O)(=O)CCOC(C)C)C1CCNCC1.Cl. The molecule has 0 unspecified atom stereocenters. The maximum absolute atomic E-state index is 12.4. The molecule has 0 radical (unpaired) electrons. The van der Waals surface area contributed by atoms with Crippen LogP contribution in [0.2, 0.25) is 0 Å². The minimum absolute atomic E-state index is 0. The van der Waals surface area contributed by atoms with Gasteiger partial charge < -0.3 is 15.0 Å². The molecule has 144 valence electrons. The molecule has 0 spiro atoms. The second-order valence-corrected chi connectivity index (χ2v) is 8.05. The van der Waals surface area contributed by atoms with Gasteiger partial charge in [-0.05, 0) is 46.2 Å². The van der Waals surface area contributed by atoms with Crippen molar-refractivity contribution in [2.45, 2.75) is 52.2 Å². The maximum atomic E-state index is 12.4. The summed E-state index contributed by atoms with van der Waals surface area (Å²) in [5.41, 5.74) is 0. The van der Waals surface area contributed by atoms with E-state index in [0.717, 1.165) is 32.4 Å². The average Bonchev–Trinajstić information content (AvgIpc) is 2.50. The van der Waals surface area contributed by atoms with E-state index >= 15 is 0 Å². The van der Waals surface area contributed by atoms with Crippen LogP contribution in [-0.2, 0) is 19.6 Å². The van der Waals surface area contributed by atoms with Crippen LogP contribution in [0.15, 0.2) is 0 Å². The van der Waals surface area contributed by atoms with Gasteiger partial charge in [-0.2, -0.15) is 0 Å². The Hall–Kier alpha value is -0.410. The Bertz CT molecular complexity index is 454. The van der Waals surface area contributed by atoms with Gasteiger partial charge in [-0.15, -0.1) is 12.4 Å². The first kappa shape index (κ1) is 23.6. The lowest BCUT2D eigenvalue weighted by atomic mass is 10.0. The average molecular weight is 386 g/mol. The fourth-order valence-electron chi connectivity index (χ4n) is 2.61. The van der Waals surface area contributed by atoms with Gasteiger partial charge in [0.2, 0.25) is 15.9 Å². The lowest BCUT2D eigenvalue weighted by Gasteiger charge is -2.34. The molecule has 0 aliphatic carbocycles. The Labute approximate surface area is 152 Å². The molecule has 1 rings (SSSR count). The van der Waals surface area contributed by atoms with E-state index in [-0.39, 0.29) is 49.4 Å². The number of piperidine rings is 1. The first-order valence-electron chi connectivity index (χ1n) is 8.45. The third-order valence-corrected chi connectivity index (χ3v) is 5.07. The number of nitrogens with one attached hydrogen (secondary N) is 2. The van der Waals surface area contributed by atoms with Crippen molar-refractivity contribution in [3.63, 3.8) is 0 Å². The molecule has 1 saturated heterocycles. The third-order valence-electron chi connectivity index (χ3n) is 3.78. The molecule has 1 aliphatic rings. The summed E-state index contributed by atoms with van der Waals surface area (Å²) < 4.78 is 31.4. The Morgan fingerprint density at radius 2 is 1.96 bits per heavy atom. The van der Waals surface area contributed by atoms with Crippen LogP contribution in [0, 0.1) is 0 Å². The van der Waals surface area contributed by atoms with E-state index < -0.39 is 10.0 Å². The maximum Gasteiger partial charge on any atom is 0.237 e. The zero-order valence-corrected chi connectivity index (χ0v) is 16.5. The molecule has 1 fully saturated rings. The molecule has 0 atom stereocenters. The number of rotatable bonds is 10. The molecule has 1 heterocycles. The van der Waals surface area contributed by atoms with Gasteiger partial charge in [0.25, 0.3) is 0 Å². The molecule has 0 bridgehead atoms. The van der Waals surface area contributed by atoms with E-state index in [0.29, 0.717) is 6.54 Å². The Balaban J connectivity index is 0.00000529. The van der Waals surface area contributed by atoms with Gasteiger partial charge in [0, 0.05) is 12.6 Å². The van der Waals surface area contributed by atoms with E-state index in [1.807, 2.05) is 25.7 Å². The van der Waals surface area contributed by atoms with E-state index in [9.17, 15) is 13.2 Å². The second kappa shape index (κ2) is 12.0. The number of sulfonamides is 1. The van der Waals surface area contributed by atoms with Crippen molar-refractivity contribution in [1.29, 1.82) is 0 Å². The number of ether oxygens (including phenoxy) is 1. The van der Waals surface area contributed by atoms with Gasteiger partial charge in [0.1, 0.15) is 0 Å². The molecule has 0 aromatic rings. The molecule has 1 aliphatic heterocycles. The normalized spacial score (nSPS) is 16.0. The Morgan fingerprint density at radius 3 is 2.50 bits per heavy atom. The smallest absolute Gasteiger partial charge is 0.237 e. The van der Waals surface area contributed by atoms with Gasteiger partial charge in [-0.25, -0.2) is 13.1 Å². The molecule has 0 aromatic heterocycles. The number of amides is 1. The van der Waals surface area contributed by atoms with Crippen LogP contribution in [0.3, 0.4) is 0 Å². The first-order valence-corrected chi connectivity index (χ1v) is 10.1. The van der Waals surface area contributed by atoms with Crippen molar-refractivity contribution >= 4 is 28.3 Å². The highest BCUT2D eigenvalue weighted by Gasteiger charge is 2.25. The minimum atomic E-state index is -3.49. The monoisotopic (exact) mass is 385 g/mol. The van der Waals surface area contributed by atoms with E-state index in [4.69, 9.17) is 4.74 Å². The second-order valence-electron chi connectivity index (χ2n) is 6.13.